The number of hydrogen-bond donors (Lipinski definition) is 2. The minimum absolute atomic E-state index is 0. The van der Waals surface area contributed by atoms with E-state index < -0.39 is 9.84 Å². The average molecular weight is 513 g/mol. The number of hydrogen-bond acceptors (Lipinski definition) is 6. The summed E-state index contributed by atoms with van der Waals surface area (Å²) >= 11 is 0. The molecule has 1 aromatic rings. The molecule has 1 aliphatic heterocycles. The molecular formula is C17H28IN3O5S. The molecule has 1 atom stereocenters. The van der Waals surface area contributed by atoms with Crippen LogP contribution in [-0.4, -0.2) is 59.8 Å². The van der Waals surface area contributed by atoms with Crippen molar-refractivity contribution in [3.8, 4) is 17.2 Å². The van der Waals surface area contributed by atoms with Gasteiger partial charge in [0, 0.05) is 18.2 Å². The van der Waals surface area contributed by atoms with Gasteiger partial charge in [0.2, 0.25) is 5.75 Å². The molecule has 2 N–H and O–H groups in total. The molecule has 1 aromatic carbocycles. The summed E-state index contributed by atoms with van der Waals surface area (Å²) in [6.45, 7) is 2.98. The first-order chi connectivity index (χ1) is 12.4. The molecular weight excluding hydrogens is 485 g/mol. The van der Waals surface area contributed by atoms with Crippen LogP contribution in [0.15, 0.2) is 17.1 Å². The Hall–Kier alpha value is -1.43. The van der Waals surface area contributed by atoms with Crippen LogP contribution in [0, 0.1) is 0 Å². The summed E-state index contributed by atoms with van der Waals surface area (Å²) < 4.78 is 39.4. The number of benzene rings is 1. The van der Waals surface area contributed by atoms with Gasteiger partial charge >= 0.3 is 0 Å². The summed E-state index contributed by atoms with van der Waals surface area (Å²) in [4.78, 5) is 4.56. The highest BCUT2D eigenvalue weighted by Gasteiger charge is 2.28. The molecule has 1 aliphatic rings. The van der Waals surface area contributed by atoms with Crippen molar-refractivity contribution in [2.75, 3.05) is 39.4 Å². The fourth-order valence-corrected chi connectivity index (χ4v) is 4.55. The van der Waals surface area contributed by atoms with Crippen LogP contribution in [-0.2, 0) is 16.4 Å². The largest absolute Gasteiger partial charge is 0.493 e. The van der Waals surface area contributed by atoms with E-state index in [1.54, 1.807) is 27.4 Å². The highest BCUT2D eigenvalue weighted by atomic mass is 127. The second-order valence-corrected chi connectivity index (χ2v) is 8.16. The Morgan fingerprint density at radius 2 is 1.89 bits per heavy atom. The van der Waals surface area contributed by atoms with Gasteiger partial charge in [-0.25, -0.2) is 13.4 Å². The van der Waals surface area contributed by atoms with Crippen LogP contribution in [0.3, 0.4) is 0 Å². The molecule has 0 saturated carbocycles. The number of guanidine groups is 1. The van der Waals surface area contributed by atoms with Crippen LogP contribution in [0.4, 0.5) is 0 Å². The molecule has 1 unspecified atom stereocenters. The number of methoxy groups -OCH3 is 3. The van der Waals surface area contributed by atoms with Crippen molar-refractivity contribution in [1.82, 2.24) is 10.6 Å². The van der Waals surface area contributed by atoms with Gasteiger partial charge in [-0.3, -0.25) is 0 Å². The zero-order valence-electron chi connectivity index (χ0n) is 16.1. The molecule has 27 heavy (non-hydrogen) atoms. The lowest BCUT2D eigenvalue weighted by Gasteiger charge is -2.17. The lowest BCUT2D eigenvalue weighted by Crippen LogP contribution is -2.44. The Morgan fingerprint density at radius 1 is 1.19 bits per heavy atom. The van der Waals surface area contributed by atoms with E-state index in [0.717, 1.165) is 5.56 Å². The molecule has 10 heteroatoms. The second-order valence-electron chi connectivity index (χ2n) is 5.93. The van der Waals surface area contributed by atoms with Gasteiger partial charge in [0.1, 0.15) is 0 Å². The first-order valence-electron chi connectivity index (χ1n) is 8.47. The third-order valence-electron chi connectivity index (χ3n) is 4.11. The number of nitrogens with one attached hydrogen (secondary N) is 2. The monoisotopic (exact) mass is 513 g/mol. The molecule has 8 nitrogen and oxygen atoms in total. The molecule has 1 saturated heterocycles. The van der Waals surface area contributed by atoms with Crippen LogP contribution in [0.2, 0.25) is 0 Å². The van der Waals surface area contributed by atoms with Gasteiger partial charge in [-0.1, -0.05) is 0 Å². The zero-order valence-corrected chi connectivity index (χ0v) is 19.2. The average Bonchev–Trinajstić information content (AvgIpc) is 2.97. The highest BCUT2D eigenvalue weighted by molar-refractivity contribution is 14.0. The lowest BCUT2D eigenvalue weighted by atomic mass is 10.1. The summed E-state index contributed by atoms with van der Waals surface area (Å²) in [6.07, 6.45) is 0.590. The molecule has 1 fully saturated rings. The van der Waals surface area contributed by atoms with Crippen molar-refractivity contribution in [1.29, 1.82) is 0 Å². The van der Waals surface area contributed by atoms with Crippen molar-refractivity contribution in [3.63, 3.8) is 0 Å². The fourth-order valence-electron chi connectivity index (χ4n) is 2.87. The van der Waals surface area contributed by atoms with E-state index in [0.29, 0.717) is 42.7 Å². The molecule has 0 spiro atoms. The number of nitrogens with zero attached hydrogens (tertiary/aromatic N) is 1. The van der Waals surface area contributed by atoms with E-state index in [4.69, 9.17) is 14.2 Å². The number of aliphatic imine (C=N–C) groups is 1. The van der Waals surface area contributed by atoms with Crippen LogP contribution in [0.5, 0.6) is 17.2 Å². The number of ether oxygens (including phenoxy) is 3. The zero-order chi connectivity index (χ0) is 19.2. The predicted molar refractivity (Wildman–Crippen MR) is 117 cm³/mol. The SMILES string of the molecule is CCNC(=NCc1ccc(OC)c(OC)c1OC)NC1CCS(=O)(=O)C1.I. The number of rotatable bonds is 7. The molecule has 2 rings (SSSR count). The van der Waals surface area contributed by atoms with E-state index in [2.05, 4.69) is 15.6 Å². The number of halogens is 1. The maximum Gasteiger partial charge on any atom is 0.203 e. The molecule has 0 aliphatic carbocycles. The first kappa shape index (κ1) is 23.6. The van der Waals surface area contributed by atoms with Gasteiger partial charge in [-0.05, 0) is 25.5 Å². The predicted octanol–water partition coefficient (Wildman–Crippen LogP) is 1.57. The standard InChI is InChI=1S/C17H27N3O5S.HI/c1-5-18-17(20-13-8-9-26(21,22)11-13)19-10-12-6-7-14(23-2)16(25-4)15(12)24-3;/h6-7,13H,5,8-11H2,1-4H3,(H2,18,19,20);1H. The molecule has 0 bridgehead atoms. The highest BCUT2D eigenvalue weighted by Crippen LogP contribution is 2.39. The van der Waals surface area contributed by atoms with E-state index in [9.17, 15) is 8.42 Å². The Balaban J connectivity index is 0.00000364. The molecule has 0 aromatic heterocycles. The summed E-state index contributed by atoms with van der Waals surface area (Å²) in [5.74, 6) is 2.59. The Kier molecular flexibility index (Phi) is 9.43. The van der Waals surface area contributed by atoms with Crippen molar-refractivity contribution >= 4 is 39.8 Å². The minimum Gasteiger partial charge on any atom is -0.493 e. The van der Waals surface area contributed by atoms with Gasteiger partial charge in [0.05, 0.1) is 39.4 Å². The molecule has 1 heterocycles. The van der Waals surface area contributed by atoms with Crippen LogP contribution >= 0.6 is 24.0 Å². The maximum atomic E-state index is 11.6. The van der Waals surface area contributed by atoms with Crippen molar-refractivity contribution in [2.45, 2.75) is 25.9 Å². The summed E-state index contributed by atoms with van der Waals surface area (Å²) in [5.41, 5.74) is 0.835. The topological polar surface area (TPSA) is 98.2 Å². The number of sulfone groups is 1. The fraction of sp³-hybridized carbons (Fsp3) is 0.588. The van der Waals surface area contributed by atoms with Crippen LogP contribution in [0.25, 0.3) is 0 Å². The normalized spacial score (nSPS) is 18.4. The maximum absolute atomic E-state index is 11.6. The summed E-state index contributed by atoms with van der Waals surface area (Å²) in [5, 5.41) is 6.34. The van der Waals surface area contributed by atoms with E-state index >= 15 is 0 Å². The Morgan fingerprint density at radius 3 is 2.41 bits per heavy atom. The third-order valence-corrected chi connectivity index (χ3v) is 5.88. The summed E-state index contributed by atoms with van der Waals surface area (Å²) in [6, 6.07) is 3.55. The van der Waals surface area contributed by atoms with Crippen LogP contribution < -0.4 is 24.8 Å². The quantitative estimate of drug-likeness (QED) is 0.325. The third kappa shape index (κ3) is 6.30. The van der Waals surface area contributed by atoms with E-state index in [1.807, 2.05) is 13.0 Å². The van der Waals surface area contributed by atoms with E-state index in [1.165, 1.54) is 0 Å². The second kappa shape index (κ2) is 10.8. The Labute approximate surface area is 178 Å². The minimum atomic E-state index is -2.95. The smallest absolute Gasteiger partial charge is 0.203 e. The van der Waals surface area contributed by atoms with Crippen molar-refractivity contribution in [3.05, 3.63) is 17.7 Å². The van der Waals surface area contributed by atoms with Crippen molar-refractivity contribution in [2.24, 2.45) is 4.99 Å². The van der Waals surface area contributed by atoms with Crippen molar-refractivity contribution < 1.29 is 22.6 Å². The first-order valence-corrected chi connectivity index (χ1v) is 10.3. The van der Waals surface area contributed by atoms with Gasteiger partial charge in [-0.15, -0.1) is 24.0 Å². The molecule has 0 radical (unpaired) electrons. The lowest BCUT2D eigenvalue weighted by molar-refractivity contribution is 0.322. The van der Waals surface area contributed by atoms with Gasteiger partial charge in [0.15, 0.2) is 27.3 Å². The van der Waals surface area contributed by atoms with Crippen LogP contribution in [0.1, 0.15) is 18.9 Å². The van der Waals surface area contributed by atoms with Gasteiger partial charge in [-0.2, -0.15) is 0 Å². The summed E-state index contributed by atoms with van der Waals surface area (Å²) in [7, 11) is 1.74. The Bertz CT molecular complexity index is 755. The molecule has 154 valence electrons. The van der Waals surface area contributed by atoms with Gasteiger partial charge < -0.3 is 24.8 Å². The van der Waals surface area contributed by atoms with E-state index in [-0.39, 0.29) is 41.5 Å². The van der Waals surface area contributed by atoms with Gasteiger partial charge in [0.25, 0.3) is 0 Å². The molecule has 0 amide bonds.